The molecule has 1 aliphatic heterocycles. The number of morpholine rings is 1. The monoisotopic (exact) mass is 348 g/mol. The van der Waals surface area contributed by atoms with E-state index in [4.69, 9.17) is 9.47 Å². The topological polar surface area (TPSA) is 67.9 Å². The van der Waals surface area contributed by atoms with Gasteiger partial charge in [0, 0.05) is 25.2 Å². The summed E-state index contributed by atoms with van der Waals surface area (Å²) in [4.78, 5) is 27.1. The third-order valence-corrected chi connectivity index (χ3v) is 4.35. The summed E-state index contributed by atoms with van der Waals surface area (Å²) in [6, 6.07) is 6.67. The van der Waals surface area contributed by atoms with Crippen LogP contribution in [0.3, 0.4) is 0 Å². The predicted octanol–water partition coefficient (Wildman–Crippen LogP) is 1.62. The molecule has 1 aliphatic rings. The van der Waals surface area contributed by atoms with Crippen molar-refractivity contribution in [2.24, 2.45) is 5.92 Å². The summed E-state index contributed by atoms with van der Waals surface area (Å²) in [5.41, 5.74) is 1.46. The molecule has 1 N–H and O–H groups in total. The molecule has 0 radical (unpaired) electrons. The number of nitrogens with one attached hydrogen (secondary N) is 1. The van der Waals surface area contributed by atoms with Crippen LogP contribution in [0.5, 0.6) is 0 Å². The highest BCUT2D eigenvalue weighted by Crippen LogP contribution is 2.10. The second kappa shape index (κ2) is 9.53. The number of nitrogens with zero attached hydrogens (tertiary/aromatic N) is 1. The Morgan fingerprint density at radius 2 is 1.92 bits per heavy atom. The van der Waals surface area contributed by atoms with E-state index in [9.17, 15) is 9.59 Å². The Hall–Kier alpha value is -1.92. The van der Waals surface area contributed by atoms with Crippen molar-refractivity contribution in [2.45, 2.75) is 26.8 Å². The van der Waals surface area contributed by atoms with Crippen LogP contribution >= 0.6 is 0 Å². The number of esters is 1. The van der Waals surface area contributed by atoms with Crippen LogP contribution in [0.15, 0.2) is 24.3 Å². The van der Waals surface area contributed by atoms with Crippen LogP contribution in [0.2, 0.25) is 0 Å². The van der Waals surface area contributed by atoms with Crippen LogP contribution in [0, 0.1) is 12.8 Å². The maximum absolute atomic E-state index is 12.5. The van der Waals surface area contributed by atoms with E-state index in [1.165, 1.54) is 0 Å². The first kappa shape index (κ1) is 19.4. The third-order valence-electron chi connectivity index (χ3n) is 4.35. The molecule has 0 bridgehead atoms. The quantitative estimate of drug-likeness (QED) is 0.759. The lowest BCUT2D eigenvalue weighted by atomic mass is 10.0. The van der Waals surface area contributed by atoms with Crippen LogP contribution in [0.1, 0.15) is 29.8 Å². The highest BCUT2D eigenvalue weighted by Gasteiger charge is 2.26. The summed E-state index contributed by atoms with van der Waals surface area (Å²) in [6.45, 7) is 9.82. The molecule has 6 heteroatoms. The summed E-state index contributed by atoms with van der Waals surface area (Å²) in [6.07, 6.45) is 0. The van der Waals surface area contributed by atoms with E-state index in [0.717, 1.165) is 31.9 Å². The van der Waals surface area contributed by atoms with Gasteiger partial charge < -0.3 is 14.8 Å². The summed E-state index contributed by atoms with van der Waals surface area (Å²) in [7, 11) is 0. The van der Waals surface area contributed by atoms with Gasteiger partial charge in [-0.2, -0.15) is 0 Å². The zero-order valence-corrected chi connectivity index (χ0v) is 15.3. The fraction of sp³-hybridized carbons (Fsp3) is 0.579. The lowest BCUT2D eigenvalue weighted by Crippen LogP contribution is -2.46. The summed E-state index contributed by atoms with van der Waals surface area (Å²) in [5.74, 6) is -0.684. The molecule has 1 atom stereocenters. The second-order valence-corrected chi connectivity index (χ2v) is 6.63. The highest BCUT2D eigenvalue weighted by atomic mass is 16.5. The Morgan fingerprint density at radius 1 is 1.24 bits per heavy atom. The predicted molar refractivity (Wildman–Crippen MR) is 95.5 cm³/mol. The molecule has 0 saturated carbocycles. The molecular weight excluding hydrogens is 320 g/mol. The van der Waals surface area contributed by atoms with Crippen molar-refractivity contribution >= 4 is 11.9 Å². The standard InChI is InChI=1S/C19H28N2O4/c1-14(2)17(20-18(22)16-7-5-4-6-15(16)3)19(23)25-13-10-21-8-11-24-12-9-21/h4-7,14,17H,8-13H2,1-3H3,(H,20,22)/t17-/m0/s1. The maximum atomic E-state index is 12.5. The second-order valence-electron chi connectivity index (χ2n) is 6.63. The van der Waals surface area contributed by atoms with Crippen molar-refractivity contribution < 1.29 is 19.1 Å². The Labute approximate surface area is 149 Å². The molecule has 0 spiro atoms. The number of hydrogen-bond donors (Lipinski definition) is 1. The minimum atomic E-state index is -0.656. The molecule has 1 amide bonds. The van der Waals surface area contributed by atoms with Crippen LogP contribution in [0.4, 0.5) is 0 Å². The first-order valence-corrected chi connectivity index (χ1v) is 8.82. The molecule has 0 unspecified atom stereocenters. The number of carbonyl (C=O) groups excluding carboxylic acids is 2. The number of benzene rings is 1. The van der Waals surface area contributed by atoms with E-state index >= 15 is 0 Å². The zero-order chi connectivity index (χ0) is 18.2. The van der Waals surface area contributed by atoms with Gasteiger partial charge in [0.05, 0.1) is 13.2 Å². The Morgan fingerprint density at radius 3 is 2.56 bits per heavy atom. The van der Waals surface area contributed by atoms with Gasteiger partial charge in [-0.25, -0.2) is 4.79 Å². The van der Waals surface area contributed by atoms with Gasteiger partial charge in [0.15, 0.2) is 0 Å². The summed E-state index contributed by atoms with van der Waals surface area (Å²) in [5, 5.41) is 2.81. The number of aryl methyl sites for hydroxylation is 1. The van der Waals surface area contributed by atoms with Gasteiger partial charge >= 0.3 is 5.97 Å². The number of rotatable bonds is 7. The van der Waals surface area contributed by atoms with E-state index in [2.05, 4.69) is 10.2 Å². The van der Waals surface area contributed by atoms with Crippen molar-refractivity contribution in [1.29, 1.82) is 0 Å². The van der Waals surface area contributed by atoms with Crippen molar-refractivity contribution in [3.63, 3.8) is 0 Å². The molecule has 6 nitrogen and oxygen atoms in total. The van der Waals surface area contributed by atoms with Crippen molar-refractivity contribution in [3.8, 4) is 0 Å². The molecule has 138 valence electrons. The smallest absolute Gasteiger partial charge is 0.328 e. The van der Waals surface area contributed by atoms with Crippen molar-refractivity contribution in [2.75, 3.05) is 39.5 Å². The molecule has 1 aromatic carbocycles. The van der Waals surface area contributed by atoms with E-state index < -0.39 is 6.04 Å². The number of carbonyl (C=O) groups is 2. The van der Waals surface area contributed by atoms with Crippen molar-refractivity contribution in [3.05, 3.63) is 35.4 Å². The third kappa shape index (κ3) is 5.83. The van der Waals surface area contributed by atoms with Gasteiger partial charge in [0.25, 0.3) is 5.91 Å². The van der Waals surface area contributed by atoms with Gasteiger partial charge in [0.2, 0.25) is 0 Å². The van der Waals surface area contributed by atoms with Gasteiger partial charge in [0.1, 0.15) is 12.6 Å². The van der Waals surface area contributed by atoms with E-state index in [-0.39, 0.29) is 17.8 Å². The average Bonchev–Trinajstić information content (AvgIpc) is 2.60. The number of ether oxygens (including phenoxy) is 2. The minimum absolute atomic E-state index is 0.0520. The number of hydrogen-bond acceptors (Lipinski definition) is 5. The summed E-state index contributed by atoms with van der Waals surface area (Å²) >= 11 is 0. The van der Waals surface area contributed by atoms with Gasteiger partial charge in [-0.15, -0.1) is 0 Å². The van der Waals surface area contributed by atoms with Crippen LogP contribution in [-0.2, 0) is 14.3 Å². The van der Waals surface area contributed by atoms with Gasteiger partial charge in [-0.3, -0.25) is 9.69 Å². The normalized spacial score (nSPS) is 16.5. The lowest BCUT2D eigenvalue weighted by molar-refractivity contribution is -0.147. The summed E-state index contributed by atoms with van der Waals surface area (Å²) < 4.78 is 10.7. The Balaban J connectivity index is 1.87. The minimum Gasteiger partial charge on any atom is -0.463 e. The van der Waals surface area contributed by atoms with Gasteiger partial charge in [-0.05, 0) is 24.5 Å². The highest BCUT2D eigenvalue weighted by molar-refractivity contribution is 5.98. The van der Waals surface area contributed by atoms with E-state index in [1.54, 1.807) is 6.07 Å². The molecule has 25 heavy (non-hydrogen) atoms. The zero-order valence-electron chi connectivity index (χ0n) is 15.3. The molecule has 0 aromatic heterocycles. The fourth-order valence-corrected chi connectivity index (χ4v) is 2.73. The fourth-order valence-electron chi connectivity index (χ4n) is 2.73. The Kier molecular flexibility index (Phi) is 7.40. The Bertz CT molecular complexity index is 583. The molecule has 1 aromatic rings. The average molecular weight is 348 g/mol. The van der Waals surface area contributed by atoms with Gasteiger partial charge in [-0.1, -0.05) is 32.0 Å². The molecular formula is C19H28N2O4. The molecule has 0 aliphatic carbocycles. The largest absolute Gasteiger partial charge is 0.463 e. The van der Waals surface area contributed by atoms with Crippen LogP contribution < -0.4 is 5.32 Å². The molecule has 1 fully saturated rings. The molecule has 1 saturated heterocycles. The van der Waals surface area contributed by atoms with Crippen molar-refractivity contribution in [1.82, 2.24) is 10.2 Å². The van der Waals surface area contributed by atoms with Crippen LogP contribution in [-0.4, -0.2) is 62.3 Å². The van der Waals surface area contributed by atoms with E-state index in [1.807, 2.05) is 39.0 Å². The first-order chi connectivity index (χ1) is 12.0. The molecule has 1 heterocycles. The molecule has 2 rings (SSSR count). The number of amides is 1. The SMILES string of the molecule is Cc1ccccc1C(=O)N[C@H](C(=O)OCCN1CCOCC1)C(C)C. The van der Waals surface area contributed by atoms with E-state index in [0.29, 0.717) is 18.7 Å². The maximum Gasteiger partial charge on any atom is 0.328 e. The first-order valence-electron chi connectivity index (χ1n) is 8.82. The lowest BCUT2D eigenvalue weighted by Gasteiger charge is -2.27. The van der Waals surface area contributed by atoms with Crippen LogP contribution in [0.25, 0.3) is 0 Å².